The first-order chi connectivity index (χ1) is 13.1. The van der Waals surface area contributed by atoms with Crippen LogP contribution in [0, 0.1) is 0 Å². The molecule has 0 saturated carbocycles. The summed E-state index contributed by atoms with van der Waals surface area (Å²) >= 11 is 6.06. The molecule has 5 nitrogen and oxygen atoms in total. The third-order valence-corrected chi connectivity index (χ3v) is 5.51. The summed E-state index contributed by atoms with van der Waals surface area (Å²) in [6.07, 6.45) is 0. The molecule has 0 aromatic heterocycles. The minimum absolute atomic E-state index is 0.171. The van der Waals surface area contributed by atoms with Gasteiger partial charge in [0, 0.05) is 50.8 Å². The molecule has 2 aliphatic rings. The van der Waals surface area contributed by atoms with Gasteiger partial charge in [-0.1, -0.05) is 35.9 Å². The third-order valence-electron chi connectivity index (χ3n) is 5.28. The smallest absolute Gasteiger partial charge is 0.261 e. The first kappa shape index (κ1) is 18.2. The van der Waals surface area contributed by atoms with Gasteiger partial charge in [-0.2, -0.15) is 0 Å². The molecular formula is C21H22ClN3O2. The Bertz CT molecular complexity index is 827. The van der Waals surface area contributed by atoms with Crippen molar-refractivity contribution in [3.8, 4) is 0 Å². The molecule has 0 unspecified atom stereocenters. The number of piperazine rings is 1. The van der Waals surface area contributed by atoms with E-state index in [1.54, 1.807) is 24.3 Å². The SMILES string of the molecule is O=C1c2ccccc2C(=O)N1CCN1CCN(Cc2cccc(Cl)c2)CC1. The van der Waals surface area contributed by atoms with Crippen LogP contribution in [0.4, 0.5) is 0 Å². The molecule has 2 amide bonds. The highest BCUT2D eigenvalue weighted by Crippen LogP contribution is 2.22. The number of rotatable bonds is 5. The first-order valence-electron chi connectivity index (χ1n) is 9.26. The van der Waals surface area contributed by atoms with Crippen LogP contribution in [-0.2, 0) is 6.54 Å². The summed E-state index contributed by atoms with van der Waals surface area (Å²) in [4.78, 5) is 31.0. The van der Waals surface area contributed by atoms with Gasteiger partial charge in [0.2, 0.25) is 0 Å². The molecule has 2 aliphatic heterocycles. The van der Waals surface area contributed by atoms with Crippen molar-refractivity contribution in [1.29, 1.82) is 0 Å². The lowest BCUT2D eigenvalue weighted by Gasteiger charge is -2.35. The summed E-state index contributed by atoms with van der Waals surface area (Å²) in [5.41, 5.74) is 2.27. The number of carbonyl (C=O) groups is 2. The number of imide groups is 1. The number of halogens is 1. The van der Waals surface area contributed by atoms with Gasteiger partial charge in [-0.15, -0.1) is 0 Å². The molecule has 2 aromatic rings. The molecule has 2 aromatic carbocycles. The number of hydrogen-bond acceptors (Lipinski definition) is 4. The van der Waals surface area contributed by atoms with E-state index in [1.165, 1.54) is 10.5 Å². The summed E-state index contributed by atoms with van der Waals surface area (Å²) in [5, 5.41) is 0.770. The van der Waals surface area contributed by atoms with Gasteiger partial charge in [-0.3, -0.25) is 24.3 Å². The van der Waals surface area contributed by atoms with E-state index in [4.69, 9.17) is 11.6 Å². The normalized spacial score (nSPS) is 18.2. The van der Waals surface area contributed by atoms with Gasteiger partial charge >= 0.3 is 0 Å². The van der Waals surface area contributed by atoms with E-state index < -0.39 is 0 Å². The fraction of sp³-hybridized carbons (Fsp3) is 0.333. The van der Waals surface area contributed by atoms with E-state index in [1.807, 2.05) is 18.2 Å². The molecule has 0 radical (unpaired) electrons. The Morgan fingerprint density at radius 2 is 1.41 bits per heavy atom. The molecule has 0 N–H and O–H groups in total. The van der Waals surface area contributed by atoms with Gasteiger partial charge in [-0.25, -0.2) is 0 Å². The minimum Gasteiger partial charge on any atom is -0.299 e. The summed E-state index contributed by atoms with van der Waals surface area (Å²) < 4.78 is 0. The van der Waals surface area contributed by atoms with Gasteiger partial charge in [-0.05, 0) is 29.8 Å². The lowest BCUT2D eigenvalue weighted by Crippen LogP contribution is -2.48. The van der Waals surface area contributed by atoms with Crippen LogP contribution < -0.4 is 0 Å². The van der Waals surface area contributed by atoms with Gasteiger partial charge in [0.15, 0.2) is 0 Å². The standard InChI is InChI=1S/C21H22ClN3O2/c22-17-5-3-4-16(14-17)15-24-10-8-23(9-11-24)12-13-25-20(26)18-6-1-2-7-19(18)21(25)27/h1-7,14H,8-13,15H2. The number of amides is 2. The lowest BCUT2D eigenvalue weighted by molar-refractivity contribution is 0.0612. The second-order valence-electron chi connectivity index (χ2n) is 7.06. The zero-order valence-corrected chi connectivity index (χ0v) is 15.9. The summed E-state index contributed by atoms with van der Waals surface area (Å²) in [7, 11) is 0. The Morgan fingerprint density at radius 1 is 0.778 bits per heavy atom. The Balaban J connectivity index is 1.27. The highest BCUT2D eigenvalue weighted by Gasteiger charge is 2.35. The van der Waals surface area contributed by atoms with Gasteiger partial charge in [0.1, 0.15) is 0 Å². The van der Waals surface area contributed by atoms with Crippen LogP contribution >= 0.6 is 11.6 Å². The highest BCUT2D eigenvalue weighted by atomic mass is 35.5. The van der Waals surface area contributed by atoms with E-state index >= 15 is 0 Å². The van der Waals surface area contributed by atoms with Crippen molar-refractivity contribution < 1.29 is 9.59 Å². The molecule has 0 bridgehead atoms. The largest absolute Gasteiger partial charge is 0.299 e. The lowest BCUT2D eigenvalue weighted by atomic mass is 10.1. The first-order valence-corrected chi connectivity index (χ1v) is 9.64. The number of hydrogen-bond donors (Lipinski definition) is 0. The Labute approximate surface area is 164 Å². The number of carbonyl (C=O) groups excluding carboxylic acids is 2. The zero-order chi connectivity index (χ0) is 18.8. The number of nitrogens with zero attached hydrogens (tertiary/aromatic N) is 3. The fourth-order valence-electron chi connectivity index (χ4n) is 3.75. The monoisotopic (exact) mass is 383 g/mol. The maximum atomic E-state index is 12.4. The highest BCUT2D eigenvalue weighted by molar-refractivity contribution is 6.30. The zero-order valence-electron chi connectivity index (χ0n) is 15.1. The second-order valence-corrected chi connectivity index (χ2v) is 7.49. The van der Waals surface area contributed by atoms with E-state index in [0.717, 1.165) is 44.3 Å². The summed E-state index contributed by atoms with van der Waals surface area (Å²) in [6, 6.07) is 15.0. The van der Waals surface area contributed by atoms with Gasteiger partial charge in [0.25, 0.3) is 11.8 Å². The van der Waals surface area contributed by atoms with Gasteiger partial charge in [0.05, 0.1) is 11.1 Å². The van der Waals surface area contributed by atoms with Crippen molar-refractivity contribution in [2.45, 2.75) is 6.54 Å². The molecule has 0 atom stereocenters. The fourth-order valence-corrected chi connectivity index (χ4v) is 3.96. The average Bonchev–Trinajstić information content (AvgIpc) is 2.92. The van der Waals surface area contributed by atoms with Crippen LogP contribution in [0.5, 0.6) is 0 Å². The topological polar surface area (TPSA) is 43.9 Å². The van der Waals surface area contributed by atoms with Crippen LogP contribution in [-0.4, -0.2) is 65.8 Å². The minimum atomic E-state index is -0.171. The van der Waals surface area contributed by atoms with Crippen molar-refractivity contribution in [2.24, 2.45) is 0 Å². The van der Waals surface area contributed by atoms with E-state index in [2.05, 4.69) is 15.9 Å². The molecule has 0 aliphatic carbocycles. The van der Waals surface area contributed by atoms with Crippen molar-refractivity contribution in [3.63, 3.8) is 0 Å². The van der Waals surface area contributed by atoms with Crippen molar-refractivity contribution in [2.75, 3.05) is 39.3 Å². The Morgan fingerprint density at radius 3 is 2.04 bits per heavy atom. The van der Waals surface area contributed by atoms with Crippen molar-refractivity contribution in [3.05, 3.63) is 70.2 Å². The number of fused-ring (bicyclic) bond motifs is 1. The Kier molecular flexibility index (Phi) is 5.25. The summed E-state index contributed by atoms with van der Waals surface area (Å²) in [6.45, 7) is 5.86. The van der Waals surface area contributed by atoms with Gasteiger partial charge < -0.3 is 0 Å². The second kappa shape index (κ2) is 7.80. The van der Waals surface area contributed by atoms with E-state index in [9.17, 15) is 9.59 Å². The maximum absolute atomic E-state index is 12.4. The van der Waals surface area contributed by atoms with Crippen LogP contribution in [0.25, 0.3) is 0 Å². The molecule has 0 spiro atoms. The van der Waals surface area contributed by atoms with Crippen LogP contribution in [0.2, 0.25) is 5.02 Å². The molecule has 1 saturated heterocycles. The van der Waals surface area contributed by atoms with Crippen LogP contribution in [0.1, 0.15) is 26.3 Å². The third kappa shape index (κ3) is 3.90. The predicted octanol–water partition coefficient (Wildman–Crippen LogP) is 2.75. The quantitative estimate of drug-likeness (QED) is 0.745. The van der Waals surface area contributed by atoms with E-state index in [0.29, 0.717) is 17.7 Å². The maximum Gasteiger partial charge on any atom is 0.261 e. The van der Waals surface area contributed by atoms with Crippen molar-refractivity contribution >= 4 is 23.4 Å². The average molecular weight is 384 g/mol. The summed E-state index contributed by atoms with van der Waals surface area (Å²) in [5.74, 6) is -0.342. The number of benzene rings is 2. The van der Waals surface area contributed by atoms with Crippen molar-refractivity contribution in [1.82, 2.24) is 14.7 Å². The predicted molar refractivity (Wildman–Crippen MR) is 105 cm³/mol. The molecular weight excluding hydrogens is 362 g/mol. The molecule has 1 fully saturated rings. The van der Waals surface area contributed by atoms with E-state index in [-0.39, 0.29) is 11.8 Å². The molecule has 4 rings (SSSR count). The van der Waals surface area contributed by atoms with Crippen LogP contribution in [0.3, 0.4) is 0 Å². The molecule has 140 valence electrons. The van der Waals surface area contributed by atoms with Crippen LogP contribution in [0.15, 0.2) is 48.5 Å². The Hall–Kier alpha value is -2.21. The molecule has 6 heteroatoms. The molecule has 2 heterocycles. The molecule has 27 heavy (non-hydrogen) atoms.